The zero-order chi connectivity index (χ0) is 15.4. The molecule has 0 unspecified atom stereocenters. The van der Waals surface area contributed by atoms with Crippen LogP contribution in [0.2, 0.25) is 0 Å². The summed E-state index contributed by atoms with van der Waals surface area (Å²) in [5.41, 5.74) is 2.03. The van der Waals surface area contributed by atoms with Crippen molar-refractivity contribution in [3.63, 3.8) is 0 Å². The molecule has 1 aromatic carbocycles. The summed E-state index contributed by atoms with van der Waals surface area (Å²) in [7, 11) is 0. The third kappa shape index (κ3) is 3.03. The summed E-state index contributed by atoms with van der Waals surface area (Å²) < 4.78 is 5.18. The molecule has 0 aliphatic heterocycles. The van der Waals surface area contributed by atoms with Gasteiger partial charge in [-0.15, -0.1) is 0 Å². The fraction of sp³-hybridized carbons (Fsp3) is 0.118. The molecule has 3 aromatic rings. The van der Waals surface area contributed by atoms with Crippen molar-refractivity contribution in [3.05, 3.63) is 71.9 Å². The minimum Gasteiger partial charge on any atom is -0.467 e. The van der Waals surface area contributed by atoms with Crippen LogP contribution in [0, 0.1) is 6.92 Å². The van der Waals surface area contributed by atoms with Gasteiger partial charge >= 0.3 is 0 Å². The van der Waals surface area contributed by atoms with E-state index in [0.717, 1.165) is 5.56 Å². The fourth-order valence-corrected chi connectivity index (χ4v) is 2.09. The van der Waals surface area contributed by atoms with E-state index in [4.69, 9.17) is 4.42 Å². The number of nitrogens with zero attached hydrogens (tertiary/aromatic N) is 2. The zero-order valence-electron chi connectivity index (χ0n) is 12.1. The number of aromatic nitrogens is 2. The number of hydrogen-bond acceptors (Lipinski definition) is 4. The van der Waals surface area contributed by atoms with Crippen molar-refractivity contribution in [2.45, 2.75) is 13.5 Å². The monoisotopic (exact) mass is 293 g/mol. The third-order valence-electron chi connectivity index (χ3n) is 3.26. The molecule has 110 valence electrons. The number of carbonyl (C=O) groups excluding carboxylic acids is 1. The Morgan fingerprint density at radius 1 is 1.18 bits per heavy atom. The minimum atomic E-state index is -0.214. The smallest absolute Gasteiger partial charge is 0.255 e. The molecule has 0 bridgehead atoms. The lowest BCUT2D eigenvalue weighted by Crippen LogP contribution is -2.24. The van der Waals surface area contributed by atoms with Crippen LogP contribution in [0.5, 0.6) is 0 Å². The summed E-state index contributed by atoms with van der Waals surface area (Å²) >= 11 is 0. The maximum Gasteiger partial charge on any atom is 0.255 e. The molecule has 0 fully saturated rings. The van der Waals surface area contributed by atoms with Gasteiger partial charge in [0.2, 0.25) is 0 Å². The summed E-state index contributed by atoms with van der Waals surface area (Å²) in [6.07, 6.45) is 3.13. The van der Waals surface area contributed by atoms with E-state index in [2.05, 4.69) is 15.3 Å². The second-order valence-corrected chi connectivity index (χ2v) is 4.82. The number of amides is 1. The van der Waals surface area contributed by atoms with E-state index in [1.807, 2.05) is 36.4 Å². The maximum atomic E-state index is 12.2. The standard InChI is InChI=1S/C17H15N3O2/c1-12-15(17(21)19-10-14-8-5-9-22-14)11-18-16(20-12)13-6-3-2-4-7-13/h2-9,11H,10H2,1H3,(H,19,21). The number of benzene rings is 1. The molecular weight excluding hydrogens is 278 g/mol. The van der Waals surface area contributed by atoms with Gasteiger partial charge in [-0.25, -0.2) is 9.97 Å². The molecule has 0 atom stereocenters. The number of nitrogens with one attached hydrogen (secondary N) is 1. The van der Waals surface area contributed by atoms with Gasteiger partial charge in [-0.2, -0.15) is 0 Å². The van der Waals surface area contributed by atoms with Crippen LogP contribution >= 0.6 is 0 Å². The molecule has 0 spiro atoms. The molecule has 3 rings (SSSR count). The van der Waals surface area contributed by atoms with Crippen LogP contribution in [-0.4, -0.2) is 15.9 Å². The highest BCUT2D eigenvalue weighted by molar-refractivity contribution is 5.95. The van der Waals surface area contributed by atoms with E-state index >= 15 is 0 Å². The van der Waals surface area contributed by atoms with E-state index in [-0.39, 0.29) is 5.91 Å². The molecule has 22 heavy (non-hydrogen) atoms. The first-order valence-corrected chi connectivity index (χ1v) is 6.93. The van der Waals surface area contributed by atoms with Crippen LogP contribution < -0.4 is 5.32 Å². The summed E-state index contributed by atoms with van der Waals surface area (Å²) in [5, 5.41) is 2.79. The molecule has 0 saturated carbocycles. The quantitative estimate of drug-likeness (QED) is 0.803. The first-order chi connectivity index (χ1) is 10.7. The van der Waals surface area contributed by atoms with Crippen molar-refractivity contribution in [2.24, 2.45) is 0 Å². The van der Waals surface area contributed by atoms with Gasteiger partial charge in [0.1, 0.15) is 5.76 Å². The van der Waals surface area contributed by atoms with Gasteiger partial charge in [0, 0.05) is 11.8 Å². The fourth-order valence-electron chi connectivity index (χ4n) is 2.09. The van der Waals surface area contributed by atoms with Crippen LogP contribution in [0.25, 0.3) is 11.4 Å². The lowest BCUT2D eigenvalue weighted by atomic mass is 10.2. The number of rotatable bonds is 4. The number of carbonyl (C=O) groups is 1. The molecule has 2 aromatic heterocycles. The lowest BCUT2D eigenvalue weighted by Gasteiger charge is -2.07. The molecule has 0 saturated heterocycles. The van der Waals surface area contributed by atoms with E-state index < -0.39 is 0 Å². The van der Waals surface area contributed by atoms with Crippen LogP contribution in [0.15, 0.2) is 59.3 Å². The summed E-state index contributed by atoms with van der Waals surface area (Å²) in [6, 6.07) is 13.3. The van der Waals surface area contributed by atoms with E-state index in [1.165, 1.54) is 0 Å². The van der Waals surface area contributed by atoms with E-state index in [9.17, 15) is 4.79 Å². The van der Waals surface area contributed by atoms with Crippen LogP contribution in [0.4, 0.5) is 0 Å². The van der Waals surface area contributed by atoms with Gasteiger partial charge in [0.15, 0.2) is 5.82 Å². The van der Waals surface area contributed by atoms with Crippen molar-refractivity contribution < 1.29 is 9.21 Å². The second kappa shape index (κ2) is 6.22. The average Bonchev–Trinajstić information content (AvgIpc) is 3.07. The van der Waals surface area contributed by atoms with Crippen molar-refractivity contribution in [1.82, 2.24) is 15.3 Å². The van der Waals surface area contributed by atoms with Gasteiger partial charge in [0.25, 0.3) is 5.91 Å². The van der Waals surface area contributed by atoms with E-state index in [1.54, 1.807) is 25.5 Å². The van der Waals surface area contributed by atoms with Crippen molar-refractivity contribution >= 4 is 5.91 Å². The topological polar surface area (TPSA) is 68.0 Å². The summed E-state index contributed by atoms with van der Waals surface area (Å²) in [6.45, 7) is 2.14. The molecule has 5 nitrogen and oxygen atoms in total. The Labute approximate surface area is 128 Å². The van der Waals surface area contributed by atoms with Gasteiger partial charge in [-0.3, -0.25) is 4.79 Å². The first-order valence-electron chi connectivity index (χ1n) is 6.93. The number of hydrogen-bond donors (Lipinski definition) is 1. The predicted molar refractivity (Wildman–Crippen MR) is 82.1 cm³/mol. The highest BCUT2D eigenvalue weighted by atomic mass is 16.3. The Kier molecular flexibility index (Phi) is 3.96. The van der Waals surface area contributed by atoms with Gasteiger partial charge in [0.05, 0.1) is 24.1 Å². The number of aryl methyl sites for hydroxylation is 1. The molecule has 0 aliphatic carbocycles. The summed E-state index contributed by atoms with van der Waals surface area (Å²) in [5.74, 6) is 1.10. The van der Waals surface area contributed by atoms with Gasteiger partial charge in [-0.05, 0) is 19.1 Å². The molecule has 1 amide bonds. The Bertz CT molecular complexity index is 768. The molecule has 0 radical (unpaired) electrons. The largest absolute Gasteiger partial charge is 0.467 e. The molecule has 2 heterocycles. The van der Waals surface area contributed by atoms with Crippen molar-refractivity contribution in [2.75, 3.05) is 0 Å². The van der Waals surface area contributed by atoms with Crippen molar-refractivity contribution in [3.8, 4) is 11.4 Å². The minimum absolute atomic E-state index is 0.214. The van der Waals surface area contributed by atoms with Crippen LogP contribution in [0.1, 0.15) is 21.8 Å². The van der Waals surface area contributed by atoms with E-state index in [0.29, 0.717) is 29.4 Å². The van der Waals surface area contributed by atoms with Crippen molar-refractivity contribution in [1.29, 1.82) is 0 Å². The Morgan fingerprint density at radius 2 is 2.00 bits per heavy atom. The van der Waals surface area contributed by atoms with Gasteiger partial charge in [-0.1, -0.05) is 30.3 Å². The van der Waals surface area contributed by atoms with Crippen LogP contribution in [-0.2, 0) is 6.54 Å². The zero-order valence-corrected chi connectivity index (χ0v) is 12.1. The average molecular weight is 293 g/mol. The molecular formula is C17H15N3O2. The molecule has 5 heteroatoms. The number of furan rings is 1. The SMILES string of the molecule is Cc1nc(-c2ccccc2)ncc1C(=O)NCc1ccco1. The maximum absolute atomic E-state index is 12.2. The summed E-state index contributed by atoms with van der Waals surface area (Å²) in [4.78, 5) is 20.9. The Morgan fingerprint density at radius 3 is 2.68 bits per heavy atom. The first kappa shape index (κ1) is 14.0. The Balaban J connectivity index is 1.76. The second-order valence-electron chi connectivity index (χ2n) is 4.82. The lowest BCUT2D eigenvalue weighted by molar-refractivity contribution is 0.0946. The molecule has 1 N–H and O–H groups in total. The van der Waals surface area contributed by atoms with Gasteiger partial charge < -0.3 is 9.73 Å². The highest BCUT2D eigenvalue weighted by Crippen LogP contribution is 2.15. The Hall–Kier alpha value is -2.95. The highest BCUT2D eigenvalue weighted by Gasteiger charge is 2.12. The predicted octanol–water partition coefficient (Wildman–Crippen LogP) is 2.98. The third-order valence-corrected chi connectivity index (χ3v) is 3.26. The normalized spacial score (nSPS) is 10.4. The molecule has 0 aliphatic rings. The van der Waals surface area contributed by atoms with Crippen LogP contribution in [0.3, 0.4) is 0 Å².